The summed E-state index contributed by atoms with van der Waals surface area (Å²) in [6.07, 6.45) is 13.6. The average Bonchev–Trinajstić information content (AvgIpc) is 4.22. The summed E-state index contributed by atoms with van der Waals surface area (Å²) in [6, 6.07) is 13.8. The lowest BCUT2D eigenvalue weighted by molar-refractivity contribution is -0.140. The molecule has 8 atom stereocenters. The van der Waals surface area contributed by atoms with Crippen molar-refractivity contribution >= 4 is 29.6 Å². The summed E-state index contributed by atoms with van der Waals surface area (Å²) < 4.78 is 9.72. The highest BCUT2D eigenvalue weighted by molar-refractivity contribution is 5.88. The van der Waals surface area contributed by atoms with Gasteiger partial charge in [0.05, 0.1) is 37.7 Å². The molecular formula is C54H66N8O6. The van der Waals surface area contributed by atoms with Crippen molar-refractivity contribution in [3.05, 3.63) is 114 Å². The molecule has 4 aromatic rings. The first kappa shape index (κ1) is 46.7. The Kier molecular flexibility index (Phi) is 13.2. The Hall–Kier alpha value is -6.44. The number of carbonyl (C=O) groups excluding carboxylic acids is 4. The molecule has 4 amide bonds. The van der Waals surface area contributed by atoms with Crippen LogP contribution in [0.2, 0.25) is 0 Å². The van der Waals surface area contributed by atoms with Gasteiger partial charge in [-0.2, -0.15) is 0 Å². The minimum absolute atomic E-state index is 0.0908. The molecule has 6 bridgehead atoms. The van der Waals surface area contributed by atoms with Crippen molar-refractivity contribution < 1.29 is 28.7 Å². The van der Waals surface area contributed by atoms with Crippen LogP contribution in [-0.4, -0.2) is 92.1 Å². The number of allylic oxidation sites excluding steroid dienone is 4. The molecule has 10 rings (SSSR count). The van der Waals surface area contributed by atoms with Gasteiger partial charge in [0.2, 0.25) is 11.8 Å². The maximum absolute atomic E-state index is 14.2. The lowest BCUT2D eigenvalue weighted by Gasteiger charge is -2.37. The van der Waals surface area contributed by atoms with Crippen LogP contribution in [0, 0.1) is 23.7 Å². The molecule has 4 heterocycles. The first-order valence-electron chi connectivity index (χ1n) is 24.5. The summed E-state index contributed by atoms with van der Waals surface area (Å²) in [5, 5.41) is 5.56. The summed E-state index contributed by atoms with van der Waals surface area (Å²) >= 11 is 0. The Bertz CT molecular complexity index is 2630. The molecule has 4 aliphatic carbocycles. The maximum Gasteiger partial charge on any atom is 0.407 e. The fourth-order valence-electron chi connectivity index (χ4n) is 11.7. The number of benzene rings is 2. The second-order valence-electron chi connectivity index (χ2n) is 20.3. The number of hydrogen-bond acceptors (Lipinski definition) is 8. The van der Waals surface area contributed by atoms with Crippen LogP contribution >= 0.6 is 0 Å². The summed E-state index contributed by atoms with van der Waals surface area (Å²) in [4.78, 5) is 73.8. The highest BCUT2D eigenvalue weighted by Gasteiger charge is 2.53. The van der Waals surface area contributed by atoms with Gasteiger partial charge in [0.25, 0.3) is 0 Å². The van der Waals surface area contributed by atoms with Gasteiger partial charge in [-0.15, -0.1) is 0 Å². The van der Waals surface area contributed by atoms with Gasteiger partial charge in [-0.3, -0.25) is 9.59 Å². The Morgan fingerprint density at radius 3 is 1.75 bits per heavy atom. The number of methoxy groups -OCH3 is 2. The van der Waals surface area contributed by atoms with Crippen LogP contribution in [0.5, 0.6) is 0 Å². The molecule has 358 valence electrons. The van der Waals surface area contributed by atoms with Crippen molar-refractivity contribution in [3.63, 3.8) is 0 Å². The number of fused-ring (bicyclic) bond motifs is 12. The third-order valence-electron chi connectivity index (χ3n) is 15.3. The minimum Gasteiger partial charge on any atom is -0.453 e. The number of ether oxygens (including phenoxy) is 2. The van der Waals surface area contributed by atoms with Crippen molar-refractivity contribution in [1.29, 1.82) is 0 Å². The van der Waals surface area contributed by atoms with Crippen molar-refractivity contribution in [2.75, 3.05) is 14.2 Å². The van der Waals surface area contributed by atoms with Crippen LogP contribution in [0.3, 0.4) is 0 Å². The van der Waals surface area contributed by atoms with E-state index in [4.69, 9.17) is 19.4 Å². The van der Waals surface area contributed by atoms with Crippen molar-refractivity contribution in [2.45, 2.75) is 128 Å². The van der Waals surface area contributed by atoms with Crippen LogP contribution < -0.4 is 10.6 Å². The van der Waals surface area contributed by atoms with Gasteiger partial charge < -0.3 is 39.9 Å². The van der Waals surface area contributed by atoms with Crippen molar-refractivity contribution in [1.82, 2.24) is 40.4 Å². The van der Waals surface area contributed by atoms with E-state index < -0.39 is 24.3 Å². The molecule has 2 aliphatic heterocycles. The van der Waals surface area contributed by atoms with E-state index in [-0.39, 0.29) is 53.7 Å². The number of carbonyl (C=O) groups is 4. The van der Waals surface area contributed by atoms with Crippen LogP contribution in [0.4, 0.5) is 9.59 Å². The second-order valence-corrected chi connectivity index (χ2v) is 20.3. The van der Waals surface area contributed by atoms with Gasteiger partial charge in [-0.25, -0.2) is 19.6 Å². The van der Waals surface area contributed by atoms with Crippen molar-refractivity contribution in [3.8, 4) is 22.4 Å². The van der Waals surface area contributed by atoms with Crippen LogP contribution in [0.25, 0.3) is 28.0 Å². The number of piperidine rings is 2. The summed E-state index contributed by atoms with van der Waals surface area (Å²) in [5.74, 6) is 1.71. The fraction of sp³-hybridized carbons (Fsp3) is 0.481. The summed E-state index contributed by atoms with van der Waals surface area (Å²) in [7, 11) is 2.62. The highest BCUT2D eigenvalue weighted by atomic mass is 16.5. The molecule has 4 N–H and O–H groups in total. The Morgan fingerprint density at radius 2 is 1.21 bits per heavy atom. The van der Waals surface area contributed by atoms with E-state index in [0.29, 0.717) is 5.92 Å². The topological polar surface area (TPSA) is 175 Å². The Balaban J connectivity index is 0.906. The van der Waals surface area contributed by atoms with E-state index in [1.165, 1.54) is 30.9 Å². The predicted octanol–water partition coefficient (Wildman–Crippen LogP) is 9.41. The molecule has 2 aromatic heterocycles. The number of H-pyrrole nitrogens is 2. The van der Waals surface area contributed by atoms with E-state index in [2.05, 4.69) is 82.3 Å². The molecular weight excluding hydrogens is 857 g/mol. The predicted molar refractivity (Wildman–Crippen MR) is 261 cm³/mol. The summed E-state index contributed by atoms with van der Waals surface area (Å²) in [6.45, 7) is 16.8. The zero-order valence-corrected chi connectivity index (χ0v) is 40.3. The molecule has 6 aliphatic rings. The van der Waals surface area contributed by atoms with Crippen LogP contribution in [0.15, 0.2) is 85.2 Å². The van der Waals surface area contributed by atoms with Crippen molar-refractivity contribution in [2.24, 2.45) is 23.7 Å². The third kappa shape index (κ3) is 9.01. The highest BCUT2D eigenvalue weighted by Crippen LogP contribution is 2.51. The monoisotopic (exact) mass is 923 g/mol. The molecule has 14 nitrogen and oxygen atoms in total. The van der Waals surface area contributed by atoms with Gasteiger partial charge in [0, 0.05) is 35.6 Å². The third-order valence-corrected chi connectivity index (χ3v) is 15.3. The maximum atomic E-state index is 14.2. The fourth-order valence-corrected chi connectivity index (χ4v) is 11.7. The molecule has 2 saturated carbocycles. The molecule has 0 spiro atoms. The van der Waals surface area contributed by atoms with Gasteiger partial charge in [0.15, 0.2) is 0 Å². The first-order chi connectivity index (χ1) is 32.7. The molecule has 2 saturated heterocycles. The quantitative estimate of drug-likeness (QED) is 0.115. The van der Waals surface area contributed by atoms with Crippen LogP contribution in [-0.2, 0) is 31.9 Å². The van der Waals surface area contributed by atoms with E-state index in [1.807, 2.05) is 49.9 Å². The average molecular weight is 923 g/mol. The SMILES string of the molecule is C=C1/C=C(/c2c[nH]c([C@@H]3C4CCC(C4)N3C(=O)[C@@H](NC(=O)OC)C(C)C)n2)C(=C)CCc2ccc(c(-c3ccc(-c4c[nH]c([C@@H]5C6CCC(C6)N5C(=O)[C@@H](NC(=O)OC)C(C)C)n4)cc3)c2)CC1. The largest absolute Gasteiger partial charge is 0.453 e. The number of aryl methyl sites for hydroxylation is 2. The number of nitrogens with one attached hydrogen (secondary N) is 4. The Labute approximate surface area is 399 Å². The molecule has 0 radical (unpaired) electrons. The second kappa shape index (κ2) is 19.3. The number of alkyl carbamates (subject to hydrolysis) is 2. The number of aromatic nitrogens is 4. The minimum atomic E-state index is -0.700. The zero-order chi connectivity index (χ0) is 48.0. The van der Waals surface area contributed by atoms with E-state index in [0.717, 1.165) is 115 Å². The molecule has 2 aromatic carbocycles. The number of imidazole rings is 2. The molecule has 4 fully saturated rings. The normalized spacial score (nSPS) is 25.0. The van der Waals surface area contributed by atoms with E-state index in [1.54, 1.807) is 0 Å². The lowest BCUT2D eigenvalue weighted by atomic mass is 9.89. The van der Waals surface area contributed by atoms with E-state index >= 15 is 0 Å². The van der Waals surface area contributed by atoms with Crippen LogP contribution in [0.1, 0.15) is 120 Å². The van der Waals surface area contributed by atoms with Gasteiger partial charge >= 0.3 is 12.2 Å². The smallest absolute Gasteiger partial charge is 0.407 e. The molecule has 68 heavy (non-hydrogen) atoms. The number of rotatable bonds is 11. The van der Waals surface area contributed by atoms with Gasteiger partial charge in [-0.05, 0) is 122 Å². The number of likely N-dealkylation sites (tertiary alicyclic amines) is 2. The van der Waals surface area contributed by atoms with E-state index in [9.17, 15) is 19.2 Å². The van der Waals surface area contributed by atoms with Gasteiger partial charge in [-0.1, -0.05) is 88.9 Å². The molecule has 4 unspecified atom stereocenters. The number of aromatic amines is 2. The molecule has 14 heteroatoms. The standard InChI is InChI=1S/C54H66N8O6/c1-29(2)45(59-53(65)67-7)51(63)61-39-21-19-37(25-39)47(61)49-55-27-43(57-49)36-17-15-35(16-18-36)42-24-33-11-10-32(6)41(23-31(5)9-13-34(42)14-12-33)44-28-56-50(58-44)48-38-20-22-40(26-38)62(48)52(64)46(30(3)4)60-54(66)68-8/h12,14-18,23-24,27-30,37-40,45-48H,5-6,9-11,13,19-22,25-26H2,1-4,7-8H3,(H,55,57)(H,56,58)(H,59,65)(H,60,66)/b41-23+/t37?,38?,39?,40?,45-,46-,47-,48-/m0/s1. The zero-order valence-electron chi connectivity index (χ0n) is 40.3. The number of hydrogen-bond donors (Lipinski definition) is 4. The number of nitrogens with zero attached hydrogens (tertiary/aromatic N) is 4. The lowest BCUT2D eigenvalue weighted by Crippen LogP contribution is -2.54. The van der Waals surface area contributed by atoms with Gasteiger partial charge in [0.1, 0.15) is 23.7 Å². The Morgan fingerprint density at radius 1 is 0.676 bits per heavy atom. The first-order valence-corrected chi connectivity index (χ1v) is 24.5. The summed E-state index contributed by atoms with van der Waals surface area (Å²) in [5.41, 5.74) is 10.3. The number of amides is 4.